The molecule has 1 aromatic carbocycles. The van der Waals surface area contributed by atoms with Gasteiger partial charge in [0.25, 0.3) is 0 Å². The number of sulfonamides is 1. The number of methoxy groups -OCH3 is 1. The first kappa shape index (κ1) is 16.3. The molecule has 4 nitrogen and oxygen atoms in total. The molecule has 0 N–H and O–H groups in total. The van der Waals surface area contributed by atoms with Crippen molar-refractivity contribution in [1.29, 1.82) is 0 Å². The monoisotopic (exact) mass is 311 g/mol. The minimum atomic E-state index is -3.51. The number of aryl methyl sites for hydroxylation is 2. The number of benzene rings is 1. The Labute approximate surface area is 128 Å². The molecule has 0 spiro atoms. The number of piperidine rings is 1. The van der Waals surface area contributed by atoms with Gasteiger partial charge in [0.2, 0.25) is 10.0 Å². The normalized spacial score (nSPS) is 24.0. The highest BCUT2D eigenvalue weighted by Crippen LogP contribution is 2.34. The third-order valence-electron chi connectivity index (χ3n) is 4.04. The van der Waals surface area contributed by atoms with E-state index < -0.39 is 10.0 Å². The Bertz CT molecular complexity index is 615. The van der Waals surface area contributed by atoms with Crippen LogP contribution in [0.1, 0.15) is 31.4 Å². The van der Waals surface area contributed by atoms with Crippen LogP contribution in [0.15, 0.2) is 17.0 Å². The lowest BCUT2D eigenvalue weighted by Crippen LogP contribution is -2.42. The van der Waals surface area contributed by atoms with E-state index in [1.807, 2.05) is 19.9 Å². The third-order valence-corrected chi connectivity index (χ3v) is 6.06. The van der Waals surface area contributed by atoms with Crippen LogP contribution in [0, 0.1) is 25.7 Å². The summed E-state index contributed by atoms with van der Waals surface area (Å²) in [4.78, 5) is 0.317. The van der Waals surface area contributed by atoms with E-state index in [-0.39, 0.29) is 0 Å². The van der Waals surface area contributed by atoms with Crippen LogP contribution in [-0.2, 0) is 10.0 Å². The van der Waals surface area contributed by atoms with E-state index in [1.54, 1.807) is 10.4 Å². The van der Waals surface area contributed by atoms with Gasteiger partial charge in [-0.2, -0.15) is 4.31 Å². The lowest BCUT2D eigenvalue weighted by molar-refractivity contribution is 0.222. The zero-order valence-electron chi connectivity index (χ0n) is 13.5. The molecule has 0 unspecified atom stereocenters. The van der Waals surface area contributed by atoms with Crippen LogP contribution in [-0.4, -0.2) is 32.9 Å². The average Bonchev–Trinajstić information content (AvgIpc) is 2.35. The van der Waals surface area contributed by atoms with Crippen molar-refractivity contribution >= 4 is 10.0 Å². The molecule has 0 radical (unpaired) electrons. The molecule has 1 saturated heterocycles. The van der Waals surface area contributed by atoms with Crippen molar-refractivity contribution in [2.45, 2.75) is 39.0 Å². The van der Waals surface area contributed by atoms with Gasteiger partial charge in [-0.1, -0.05) is 19.9 Å². The smallest absolute Gasteiger partial charge is 0.247 e. The Balaban J connectivity index is 2.49. The Kier molecular flexibility index (Phi) is 4.63. The second-order valence-electron chi connectivity index (χ2n) is 6.38. The fourth-order valence-corrected chi connectivity index (χ4v) is 5.35. The Hall–Kier alpha value is -1.07. The van der Waals surface area contributed by atoms with Crippen molar-refractivity contribution in [3.63, 3.8) is 0 Å². The third kappa shape index (κ3) is 3.24. The van der Waals surface area contributed by atoms with Gasteiger partial charge in [-0.25, -0.2) is 8.42 Å². The highest BCUT2D eigenvalue weighted by Gasteiger charge is 2.34. The summed E-state index contributed by atoms with van der Waals surface area (Å²) >= 11 is 0. The predicted molar refractivity (Wildman–Crippen MR) is 84.2 cm³/mol. The molecule has 2 rings (SSSR count). The quantitative estimate of drug-likeness (QED) is 0.862. The summed E-state index contributed by atoms with van der Waals surface area (Å²) < 4.78 is 33.0. The molecule has 1 aromatic rings. The molecule has 0 bridgehead atoms. The van der Waals surface area contributed by atoms with Crippen LogP contribution in [0.2, 0.25) is 0 Å². The minimum absolute atomic E-state index is 0.317. The second kappa shape index (κ2) is 5.97. The highest BCUT2D eigenvalue weighted by molar-refractivity contribution is 7.89. The Morgan fingerprint density at radius 2 is 1.71 bits per heavy atom. The lowest BCUT2D eigenvalue weighted by Gasteiger charge is -2.34. The maximum atomic E-state index is 13.0. The minimum Gasteiger partial charge on any atom is -0.495 e. The van der Waals surface area contributed by atoms with E-state index in [1.165, 1.54) is 7.11 Å². The summed E-state index contributed by atoms with van der Waals surface area (Å²) in [6, 6.07) is 3.68. The van der Waals surface area contributed by atoms with Crippen molar-refractivity contribution < 1.29 is 13.2 Å². The maximum Gasteiger partial charge on any atom is 0.247 e. The van der Waals surface area contributed by atoms with Gasteiger partial charge >= 0.3 is 0 Å². The summed E-state index contributed by atoms with van der Waals surface area (Å²) in [5.41, 5.74) is 1.75. The van der Waals surface area contributed by atoms with Gasteiger partial charge in [0.05, 0.1) is 7.11 Å². The van der Waals surface area contributed by atoms with E-state index in [0.29, 0.717) is 35.6 Å². The molecular weight excluding hydrogens is 286 g/mol. The van der Waals surface area contributed by atoms with Gasteiger partial charge in [-0.15, -0.1) is 0 Å². The molecule has 5 heteroatoms. The van der Waals surface area contributed by atoms with Gasteiger partial charge in [0.15, 0.2) is 0 Å². The summed E-state index contributed by atoms with van der Waals surface area (Å²) in [6.45, 7) is 9.16. The van der Waals surface area contributed by atoms with E-state index in [0.717, 1.165) is 17.5 Å². The first-order chi connectivity index (χ1) is 9.75. The Morgan fingerprint density at radius 1 is 1.14 bits per heavy atom. The van der Waals surface area contributed by atoms with Crippen molar-refractivity contribution in [3.05, 3.63) is 23.3 Å². The van der Waals surface area contributed by atoms with E-state index in [4.69, 9.17) is 4.74 Å². The first-order valence-electron chi connectivity index (χ1n) is 7.41. The van der Waals surface area contributed by atoms with Crippen molar-refractivity contribution in [2.24, 2.45) is 11.8 Å². The van der Waals surface area contributed by atoms with Crippen LogP contribution in [0.3, 0.4) is 0 Å². The fourth-order valence-electron chi connectivity index (χ4n) is 3.33. The first-order valence-corrected chi connectivity index (χ1v) is 8.85. The molecule has 1 fully saturated rings. The van der Waals surface area contributed by atoms with Crippen molar-refractivity contribution in [1.82, 2.24) is 4.31 Å². The fraction of sp³-hybridized carbons (Fsp3) is 0.625. The largest absolute Gasteiger partial charge is 0.495 e. The molecule has 0 saturated carbocycles. The predicted octanol–water partition coefficient (Wildman–Crippen LogP) is 2.98. The van der Waals surface area contributed by atoms with Crippen LogP contribution in [0.5, 0.6) is 5.75 Å². The zero-order chi connectivity index (χ0) is 15.8. The van der Waals surface area contributed by atoms with Crippen molar-refractivity contribution in [3.8, 4) is 5.75 Å². The molecule has 1 aliphatic heterocycles. The molecular formula is C16H25NO3S. The standard InChI is InChI=1S/C16H25NO3S/c1-11-7-14(4)16(15(8-11)20-5)21(18,19)17-9-12(2)6-13(3)10-17/h7-8,12-13H,6,9-10H2,1-5H3/t12-,13-/m1/s1. The number of rotatable bonds is 3. The van der Waals surface area contributed by atoms with Crippen LogP contribution in [0.4, 0.5) is 0 Å². The summed E-state index contributed by atoms with van der Waals surface area (Å²) in [5.74, 6) is 1.22. The SMILES string of the molecule is COc1cc(C)cc(C)c1S(=O)(=O)N1C[C@H](C)C[C@@H](C)C1. The molecule has 21 heavy (non-hydrogen) atoms. The molecule has 118 valence electrons. The number of ether oxygens (including phenoxy) is 1. The number of nitrogens with zero attached hydrogens (tertiary/aromatic N) is 1. The molecule has 1 aliphatic rings. The molecule has 1 heterocycles. The lowest BCUT2D eigenvalue weighted by atomic mass is 9.94. The average molecular weight is 311 g/mol. The number of hydrogen-bond donors (Lipinski definition) is 0. The molecule has 0 aliphatic carbocycles. The maximum absolute atomic E-state index is 13.0. The zero-order valence-corrected chi connectivity index (χ0v) is 14.3. The molecule has 2 atom stereocenters. The van der Waals surface area contributed by atoms with Gasteiger partial charge < -0.3 is 4.74 Å². The Morgan fingerprint density at radius 3 is 2.24 bits per heavy atom. The van der Waals surface area contributed by atoms with E-state index >= 15 is 0 Å². The summed E-state index contributed by atoms with van der Waals surface area (Å²) in [6.07, 6.45) is 1.08. The topological polar surface area (TPSA) is 46.6 Å². The summed E-state index contributed by atoms with van der Waals surface area (Å²) in [5, 5.41) is 0. The number of hydrogen-bond acceptors (Lipinski definition) is 3. The van der Waals surface area contributed by atoms with Crippen molar-refractivity contribution in [2.75, 3.05) is 20.2 Å². The van der Waals surface area contributed by atoms with Gasteiger partial charge in [-0.3, -0.25) is 0 Å². The van der Waals surface area contributed by atoms with Gasteiger partial charge in [0.1, 0.15) is 10.6 Å². The van der Waals surface area contributed by atoms with Gasteiger partial charge in [0, 0.05) is 13.1 Å². The van der Waals surface area contributed by atoms with E-state index in [9.17, 15) is 8.42 Å². The van der Waals surface area contributed by atoms with Crippen LogP contribution < -0.4 is 4.74 Å². The van der Waals surface area contributed by atoms with Crippen LogP contribution >= 0.6 is 0 Å². The summed E-state index contributed by atoms with van der Waals surface area (Å²) in [7, 11) is -1.99. The second-order valence-corrected chi connectivity index (χ2v) is 8.26. The molecule has 0 amide bonds. The highest BCUT2D eigenvalue weighted by atomic mass is 32.2. The van der Waals surface area contributed by atoms with E-state index in [2.05, 4.69) is 13.8 Å². The van der Waals surface area contributed by atoms with Gasteiger partial charge in [-0.05, 0) is 49.3 Å². The molecule has 0 aromatic heterocycles. The van der Waals surface area contributed by atoms with Crippen LogP contribution in [0.25, 0.3) is 0 Å².